The fourth-order valence-corrected chi connectivity index (χ4v) is 2.29. The number of benzene rings is 1. The van der Waals surface area contributed by atoms with Gasteiger partial charge in [-0.05, 0) is 32.4 Å². The summed E-state index contributed by atoms with van der Waals surface area (Å²) in [6.45, 7) is 9.18. The Kier molecular flexibility index (Phi) is 6.24. The molecule has 3 nitrogen and oxygen atoms in total. The molecular weight excluding hydrogens is 270 g/mol. The molecule has 2 aromatic rings. The van der Waals surface area contributed by atoms with Gasteiger partial charge >= 0.3 is 0 Å². The van der Waals surface area contributed by atoms with Gasteiger partial charge in [-0.25, -0.2) is 0 Å². The van der Waals surface area contributed by atoms with E-state index in [1.54, 1.807) is 0 Å². The second kappa shape index (κ2) is 8.41. The molecule has 0 aliphatic rings. The molecule has 22 heavy (non-hydrogen) atoms. The molecule has 0 saturated heterocycles. The van der Waals surface area contributed by atoms with Crippen molar-refractivity contribution < 1.29 is 0 Å². The second-order valence-electron chi connectivity index (χ2n) is 5.53. The van der Waals surface area contributed by atoms with Crippen LogP contribution < -0.4 is 0 Å². The van der Waals surface area contributed by atoms with Gasteiger partial charge in [-0.2, -0.15) is 5.10 Å². The minimum absolute atomic E-state index is 0.509. The molecule has 0 spiro atoms. The third-order valence-electron chi connectivity index (χ3n) is 3.90. The van der Waals surface area contributed by atoms with Crippen LogP contribution in [0.2, 0.25) is 0 Å². The standard InChI is InChI=1S/C19H25N3/c1-4-17(3)21(15-19-14-20-22(5-2)16-19)13-9-12-18-10-7-6-8-11-18/h6-8,10-11,14,16-17H,4-5,13,15H2,1-3H3. The molecule has 0 bridgehead atoms. The highest BCUT2D eigenvalue weighted by Gasteiger charge is 2.12. The average molecular weight is 295 g/mol. The Morgan fingerprint density at radius 1 is 1.23 bits per heavy atom. The first kappa shape index (κ1) is 16.3. The molecule has 116 valence electrons. The van der Waals surface area contributed by atoms with Crippen molar-refractivity contribution >= 4 is 0 Å². The third kappa shape index (κ3) is 4.75. The Labute approximate surface area is 134 Å². The van der Waals surface area contributed by atoms with Gasteiger partial charge in [-0.15, -0.1) is 0 Å². The summed E-state index contributed by atoms with van der Waals surface area (Å²) in [6.07, 6.45) is 5.21. The Hall–Kier alpha value is -2.05. The van der Waals surface area contributed by atoms with Crippen molar-refractivity contribution in [2.75, 3.05) is 6.54 Å². The van der Waals surface area contributed by atoms with Crippen LogP contribution in [0.25, 0.3) is 0 Å². The maximum Gasteiger partial charge on any atom is 0.0610 e. The highest BCUT2D eigenvalue weighted by atomic mass is 15.3. The van der Waals surface area contributed by atoms with Crippen LogP contribution in [0.1, 0.15) is 38.3 Å². The van der Waals surface area contributed by atoms with E-state index in [1.807, 2.05) is 41.2 Å². The predicted octanol–water partition coefficient (Wildman–Crippen LogP) is 3.56. The van der Waals surface area contributed by atoms with E-state index in [0.717, 1.165) is 31.6 Å². The van der Waals surface area contributed by atoms with Crippen LogP contribution in [0, 0.1) is 11.8 Å². The highest BCUT2D eigenvalue weighted by Crippen LogP contribution is 2.10. The lowest BCUT2D eigenvalue weighted by Crippen LogP contribution is -2.32. The van der Waals surface area contributed by atoms with Gasteiger partial charge in [-0.3, -0.25) is 9.58 Å². The number of nitrogens with zero attached hydrogens (tertiary/aromatic N) is 3. The molecule has 1 aromatic carbocycles. The van der Waals surface area contributed by atoms with Crippen molar-refractivity contribution in [2.45, 2.75) is 46.3 Å². The van der Waals surface area contributed by atoms with Gasteiger partial charge in [0, 0.05) is 36.5 Å². The lowest BCUT2D eigenvalue weighted by Gasteiger charge is -2.25. The quantitative estimate of drug-likeness (QED) is 0.760. The third-order valence-corrected chi connectivity index (χ3v) is 3.90. The largest absolute Gasteiger partial charge is 0.285 e. The molecule has 0 fully saturated rings. The van der Waals surface area contributed by atoms with Crippen molar-refractivity contribution in [3.05, 3.63) is 53.9 Å². The molecule has 0 saturated carbocycles. The minimum Gasteiger partial charge on any atom is -0.285 e. The number of aromatic nitrogens is 2. The zero-order chi connectivity index (χ0) is 15.8. The van der Waals surface area contributed by atoms with Crippen molar-refractivity contribution in [1.29, 1.82) is 0 Å². The second-order valence-corrected chi connectivity index (χ2v) is 5.53. The zero-order valence-corrected chi connectivity index (χ0v) is 13.8. The summed E-state index contributed by atoms with van der Waals surface area (Å²) in [6, 6.07) is 10.7. The molecule has 2 rings (SSSR count). The van der Waals surface area contributed by atoms with E-state index >= 15 is 0 Å². The first-order valence-corrected chi connectivity index (χ1v) is 8.02. The van der Waals surface area contributed by atoms with Gasteiger partial charge in [0.2, 0.25) is 0 Å². The van der Waals surface area contributed by atoms with Crippen LogP contribution in [0.3, 0.4) is 0 Å². The summed E-state index contributed by atoms with van der Waals surface area (Å²) in [5.41, 5.74) is 2.33. The van der Waals surface area contributed by atoms with E-state index in [1.165, 1.54) is 5.56 Å². The maximum absolute atomic E-state index is 4.35. The fourth-order valence-electron chi connectivity index (χ4n) is 2.29. The molecule has 1 heterocycles. The van der Waals surface area contributed by atoms with Gasteiger partial charge in [0.1, 0.15) is 0 Å². The van der Waals surface area contributed by atoms with Gasteiger partial charge in [0.25, 0.3) is 0 Å². The van der Waals surface area contributed by atoms with Crippen LogP contribution in [0.4, 0.5) is 0 Å². The molecular formula is C19H25N3. The lowest BCUT2D eigenvalue weighted by molar-refractivity contribution is 0.221. The smallest absolute Gasteiger partial charge is 0.0610 e. The number of aryl methyl sites for hydroxylation is 1. The topological polar surface area (TPSA) is 21.1 Å². The molecule has 0 N–H and O–H groups in total. The molecule has 1 atom stereocenters. The summed E-state index contributed by atoms with van der Waals surface area (Å²) in [5, 5.41) is 4.35. The van der Waals surface area contributed by atoms with E-state index in [4.69, 9.17) is 0 Å². The zero-order valence-electron chi connectivity index (χ0n) is 13.8. The Morgan fingerprint density at radius 3 is 2.64 bits per heavy atom. The van der Waals surface area contributed by atoms with Gasteiger partial charge in [0.15, 0.2) is 0 Å². The number of hydrogen-bond donors (Lipinski definition) is 0. The fraction of sp³-hybridized carbons (Fsp3) is 0.421. The first-order valence-electron chi connectivity index (χ1n) is 8.02. The van der Waals surface area contributed by atoms with Gasteiger partial charge in [-0.1, -0.05) is 37.0 Å². The van der Waals surface area contributed by atoms with Crippen molar-refractivity contribution in [3.8, 4) is 11.8 Å². The SMILES string of the molecule is CCC(C)N(CC#Cc1ccccc1)Cc1cnn(CC)c1. The Bertz CT molecular complexity index is 619. The first-order chi connectivity index (χ1) is 10.7. The molecule has 1 aromatic heterocycles. The van der Waals surface area contributed by atoms with Crippen LogP contribution in [0.15, 0.2) is 42.7 Å². The Morgan fingerprint density at radius 2 is 2.00 bits per heavy atom. The highest BCUT2D eigenvalue weighted by molar-refractivity contribution is 5.33. The van der Waals surface area contributed by atoms with E-state index in [9.17, 15) is 0 Å². The van der Waals surface area contributed by atoms with Crippen LogP contribution in [-0.2, 0) is 13.1 Å². The molecule has 0 aliphatic carbocycles. The molecule has 0 amide bonds. The van der Waals surface area contributed by atoms with E-state index in [-0.39, 0.29) is 0 Å². The van der Waals surface area contributed by atoms with Gasteiger partial charge < -0.3 is 0 Å². The Balaban J connectivity index is 2.02. The number of rotatable bonds is 6. The summed E-state index contributed by atoms with van der Waals surface area (Å²) in [7, 11) is 0. The van der Waals surface area contributed by atoms with Gasteiger partial charge in [0.05, 0.1) is 12.7 Å². The normalized spacial score (nSPS) is 12.0. The van der Waals surface area contributed by atoms with E-state index in [0.29, 0.717) is 6.04 Å². The number of hydrogen-bond acceptors (Lipinski definition) is 2. The van der Waals surface area contributed by atoms with Crippen molar-refractivity contribution in [1.82, 2.24) is 14.7 Å². The molecule has 3 heteroatoms. The van der Waals surface area contributed by atoms with Crippen LogP contribution in [0.5, 0.6) is 0 Å². The van der Waals surface area contributed by atoms with Crippen LogP contribution in [-0.4, -0.2) is 27.3 Å². The summed E-state index contributed by atoms with van der Waals surface area (Å²) < 4.78 is 1.97. The average Bonchev–Trinajstić information content (AvgIpc) is 3.02. The summed E-state index contributed by atoms with van der Waals surface area (Å²) in [5.74, 6) is 6.55. The summed E-state index contributed by atoms with van der Waals surface area (Å²) >= 11 is 0. The minimum atomic E-state index is 0.509. The summed E-state index contributed by atoms with van der Waals surface area (Å²) in [4.78, 5) is 2.41. The predicted molar refractivity (Wildman–Crippen MR) is 91.4 cm³/mol. The van der Waals surface area contributed by atoms with E-state index < -0.39 is 0 Å². The van der Waals surface area contributed by atoms with E-state index in [2.05, 4.69) is 48.8 Å². The molecule has 1 unspecified atom stereocenters. The maximum atomic E-state index is 4.35. The molecule has 0 aliphatic heterocycles. The monoisotopic (exact) mass is 295 g/mol. The lowest BCUT2D eigenvalue weighted by atomic mass is 10.2. The van der Waals surface area contributed by atoms with Crippen LogP contribution >= 0.6 is 0 Å². The van der Waals surface area contributed by atoms with Crippen molar-refractivity contribution in [2.24, 2.45) is 0 Å². The molecule has 0 radical (unpaired) electrons. The van der Waals surface area contributed by atoms with Crippen molar-refractivity contribution in [3.63, 3.8) is 0 Å².